The molecule has 0 aliphatic carbocycles. The summed E-state index contributed by atoms with van der Waals surface area (Å²) < 4.78 is 4.49. The van der Waals surface area contributed by atoms with Crippen molar-refractivity contribution in [2.45, 2.75) is 25.3 Å². The average molecular weight is 174 g/mol. The predicted molar refractivity (Wildman–Crippen MR) is 47.8 cm³/mol. The molecule has 0 aromatic carbocycles. The lowest BCUT2D eigenvalue weighted by molar-refractivity contribution is -0.142. The van der Waals surface area contributed by atoms with Gasteiger partial charge in [0, 0.05) is 0 Å². The molecular formula is C8H18N2O2. The second-order valence-electron chi connectivity index (χ2n) is 2.73. The molecule has 0 aromatic rings. The van der Waals surface area contributed by atoms with Crippen molar-refractivity contribution in [1.82, 2.24) is 5.32 Å². The fraction of sp³-hybridized carbons (Fsp3) is 0.875. The van der Waals surface area contributed by atoms with Crippen molar-refractivity contribution in [2.75, 3.05) is 20.7 Å². The van der Waals surface area contributed by atoms with E-state index in [0.29, 0.717) is 6.42 Å². The Morgan fingerprint density at radius 1 is 1.58 bits per heavy atom. The van der Waals surface area contributed by atoms with Gasteiger partial charge in [-0.3, -0.25) is 4.79 Å². The Kier molecular flexibility index (Phi) is 6.70. The number of carbonyl (C=O) groups is 1. The second-order valence-corrected chi connectivity index (χ2v) is 2.73. The van der Waals surface area contributed by atoms with E-state index >= 15 is 0 Å². The van der Waals surface area contributed by atoms with E-state index in [1.165, 1.54) is 7.11 Å². The highest BCUT2D eigenvalue weighted by molar-refractivity contribution is 5.75. The molecule has 0 unspecified atom stereocenters. The third-order valence-electron chi connectivity index (χ3n) is 1.70. The van der Waals surface area contributed by atoms with E-state index in [0.717, 1.165) is 19.4 Å². The Hall–Kier alpha value is -0.610. The van der Waals surface area contributed by atoms with Gasteiger partial charge in [0.2, 0.25) is 0 Å². The van der Waals surface area contributed by atoms with E-state index in [1.807, 2.05) is 7.05 Å². The summed E-state index contributed by atoms with van der Waals surface area (Å²) >= 11 is 0. The number of hydrogen-bond acceptors (Lipinski definition) is 4. The first-order chi connectivity index (χ1) is 5.72. The minimum Gasteiger partial charge on any atom is -0.468 e. The highest BCUT2D eigenvalue weighted by Crippen LogP contribution is 1.99. The van der Waals surface area contributed by atoms with Crippen LogP contribution in [0.5, 0.6) is 0 Å². The summed E-state index contributed by atoms with van der Waals surface area (Å²) in [5, 5.41) is 3.03. The Labute approximate surface area is 73.5 Å². The van der Waals surface area contributed by atoms with E-state index in [4.69, 9.17) is 5.73 Å². The van der Waals surface area contributed by atoms with Gasteiger partial charge in [-0.05, 0) is 26.4 Å². The molecule has 3 N–H and O–H groups in total. The maximum atomic E-state index is 10.8. The summed E-state index contributed by atoms with van der Waals surface area (Å²) in [6.45, 7) is 0.966. The molecule has 4 heteroatoms. The van der Waals surface area contributed by atoms with Gasteiger partial charge in [0.15, 0.2) is 0 Å². The number of hydrogen-bond donors (Lipinski definition) is 2. The van der Waals surface area contributed by atoms with Gasteiger partial charge >= 0.3 is 5.97 Å². The normalized spacial score (nSPS) is 12.6. The van der Waals surface area contributed by atoms with Crippen LogP contribution in [-0.4, -0.2) is 32.7 Å². The molecule has 0 saturated heterocycles. The number of carbonyl (C=O) groups excluding carboxylic acids is 1. The maximum Gasteiger partial charge on any atom is 0.322 e. The molecule has 0 spiro atoms. The minimum atomic E-state index is -0.452. The monoisotopic (exact) mass is 174 g/mol. The van der Waals surface area contributed by atoms with Crippen molar-refractivity contribution in [3.05, 3.63) is 0 Å². The molecule has 0 radical (unpaired) electrons. The highest BCUT2D eigenvalue weighted by Gasteiger charge is 2.11. The van der Waals surface area contributed by atoms with Crippen LogP contribution in [-0.2, 0) is 9.53 Å². The molecule has 0 bridgehead atoms. The van der Waals surface area contributed by atoms with Crippen LogP contribution in [0.2, 0.25) is 0 Å². The lowest BCUT2D eigenvalue weighted by Gasteiger charge is -2.07. The van der Waals surface area contributed by atoms with Gasteiger partial charge < -0.3 is 15.8 Å². The Morgan fingerprint density at radius 2 is 2.25 bits per heavy atom. The molecule has 0 heterocycles. The van der Waals surface area contributed by atoms with Gasteiger partial charge in [-0.1, -0.05) is 6.42 Å². The van der Waals surface area contributed by atoms with Crippen LogP contribution < -0.4 is 11.1 Å². The van der Waals surface area contributed by atoms with Gasteiger partial charge in [-0.2, -0.15) is 0 Å². The quantitative estimate of drug-likeness (QED) is 0.435. The zero-order valence-corrected chi connectivity index (χ0v) is 7.80. The SMILES string of the molecule is CNCCCC[C@H](N)C(=O)OC. The van der Waals surface area contributed by atoms with E-state index in [-0.39, 0.29) is 5.97 Å². The fourth-order valence-corrected chi connectivity index (χ4v) is 0.935. The Bertz CT molecular complexity index is 128. The number of rotatable bonds is 6. The van der Waals surface area contributed by atoms with Crippen molar-refractivity contribution in [3.8, 4) is 0 Å². The maximum absolute atomic E-state index is 10.8. The van der Waals surface area contributed by atoms with Crippen LogP contribution >= 0.6 is 0 Å². The second kappa shape index (κ2) is 7.06. The summed E-state index contributed by atoms with van der Waals surface area (Å²) in [5.74, 6) is -0.320. The van der Waals surface area contributed by atoms with Crippen LogP contribution in [0.25, 0.3) is 0 Å². The van der Waals surface area contributed by atoms with Gasteiger partial charge in [0.05, 0.1) is 7.11 Å². The first kappa shape index (κ1) is 11.4. The summed E-state index contributed by atoms with van der Waals surface area (Å²) in [6.07, 6.45) is 2.70. The van der Waals surface area contributed by atoms with Crippen molar-refractivity contribution in [1.29, 1.82) is 0 Å². The zero-order chi connectivity index (χ0) is 9.40. The topological polar surface area (TPSA) is 64.3 Å². The molecule has 0 aliphatic rings. The van der Waals surface area contributed by atoms with E-state index in [1.54, 1.807) is 0 Å². The lowest BCUT2D eigenvalue weighted by atomic mass is 10.1. The van der Waals surface area contributed by atoms with Crippen molar-refractivity contribution in [2.24, 2.45) is 5.73 Å². The van der Waals surface area contributed by atoms with Gasteiger partial charge in [0.25, 0.3) is 0 Å². The lowest BCUT2D eigenvalue weighted by Crippen LogP contribution is -2.31. The van der Waals surface area contributed by atoms with Gasteiger partial charge in [-0.25, -0.2) is 0 Å². The summed E-state index contributed by atoms with van der Waals surface area (Å²) in [6, 6.07) is -0.452. The molecule has 0 aromatic heterocycles. The molecular weight excluding hydrogens is 156 g/mol. The summed E-state index contributed by atoms with van der Waals surface area (Å²) in [5.41, 5.74) is 5.52. The summed E-state index contributed by atoms with van der Waals surface area (Å²) in [4.78, 5) is 10.8. The third kappa shape index (κ3) is 5.09. The van der Waals surface area contributed by atoms with Crippen LogP contribution in [0, 0.1) is 0 Å². The van der Waals surface area contributed by atoms with Gasteiger partial charge in [-0.15, -0.1) is 0 Å². The molecule has 0 amide bonds. The Morgan fingerprint density at radius 3 is 2.75 bits per heavy atom. The standard InChI is InChI=1S/C8H18N2O2/c1-10-6-4-3-5-7(9)8(11)12-2/h7,10H,3-6,9H2,1-2H3/t7-/m0/s1. The molecule has 4 nitrogen and oxygen atoms in total. The minimum absolute atomic E-state index is 0.320. The van der Waals surface area contributed by atoms with Crippen molar-refractivity contribution >= 4 is 5.97 Å². The molecule has 0 fully saturated rings. The molecule has 72 valence electrons. The number of ether oxygens (including phenoxy) is 1. The number of methoxy groups -OCH3 is 1. The molecule has 0 aliphatic heterocycles. The van der Waals surface area contributed by atoms with E-state index < -0.39 is 6.04 Å². The van der Waals surface area contributed by atoms with E-state index in [9.17, 15) is 4.79 Å². The smallest absolute Gasteiger partial charge is 0.322 e. The van der Waals surface area contributed by atoms with Crippen LogP contribution in [0.3, 0.4) is 0 Å². The third-order valence-corrected chi connectivity index (χ3v) is 1.70. The van der Waals surface area contributed by atoms with Crippen molar-refractivity contribution in [3.63, 3.8) is 0 Å². The summed E-state index contributed by atoms with van der Waals surface area (Å²) in [7, 11) is 3.26. The Balaban J connectivity index is 3.31. The highest BCUT2D eigenvalue weighted by atomic mass is 16.5. The van der Waals surface area contributed by atoms with Crippen LogP contribution in [0.4, 0.5) is 0 Å². The van der Waals surface area contributed by atoms with Crippen molar-refractivity contribution < 1.29 is 9.53 Å². The molecule has 0 saturated carbocycles. The molecule has 12 heavy (non-hydrogen) atoms. The average Bonchev–Trinajstić information content (AvgIpc) is 2.10. The largest absolute Gasteiger partial charge is 0.468 e. The number of esters is 1. The fourth-order valence-electron chi connectivity index (χ4n) is 0.935. The zero-order valence-electron chi connectivity index (χ0n) is 7.80. The molecule has 0 rings (SSSR count). The van der Waals surface area contributed by atoms with Crippen LogP contribution in [0.1, 0.15) is 19.3 Å². The van der Waals surface area contributed by atoms with Crippen LogP contribution in [0.15, 0.2) is 0 Å². The van der Waals surface area contributed by atoms with E-state index in [2.05, 4.69) is 10.1 Å². The predicted octanol–water partition coefficient (Wildman–Crippen LogP) is -0.124. The first-order valence-corrected chi connectivity index (χ1v) is 4.20. The first-order valence-electron chi connectivity index (χ1n) is 4.20. The number of nitrogens with one attached hydrogen (secondary N) is 1. The molecule has 1 atom stereocenters. The number of nitrogens with two attached hydrogens (primary N) is 1. The van der Waals surface area contributed by atoms with Gasteiger partial charge in [0.1, 0.15) is 6.04 Å². The number of unbranched alkanes of at least 4 members (excludes halogenated alkanes) is 1.